The number of nitrogens with one attached hydrogen (secondary N) is 2. The van der Waals surface area contributed by atoms with Crippen molar-refractivity contribution in [2.75, 3.05) is 11.9 Å². The number of halogens is 2. The summed E-state index contributed by atoms with van der Waals surface area (Å²) >= 11 is 5.20. The van der Waals surface area contributed by atoms with Crippen molar-refractivity contribution in [3.63, 3.8) is 0 Å². The van der Waals surface area contributed by atoms with Crippen LogP contribution in [0.25, 0.3) is 0 Å². The summed E-state index contributed by atoms with van der Waals surface area (Å²) in [5, 5.41) is 10.6. The first kappa shape index (κ1) is 18.1. The summed E-state index contributed by atoms with van der Waals surface area (Å²) in [6.07, 6.45) is 2.75. The van der Waals surface area contributed by atoms with Crippen LogP contribution in [0, 0.1) is 13.8 Å². The van der Waals surface area contributed by atoms with Crippen LogP contribution in [0.15, 0.2) is 30.5 Å². The number of hydrogen-bond acceptors (Lipinski definition) is 3. The van der Waals surface area contributed by atoms with E-state index < -0.39 is 6.61 Å². The number of thiocarbonyl (C=S) groups is 1. The average molecular weight is 354 g/mol. The summed E-state index contributed by atoms with van der Waals surface area (Å²) in [5.41, 5.74) is 2.30. The Hall–Kier alpha value is -2.22. The first-order valence-electron chi connectivity index (χ1n) is 7.54. The molecular formula is C16H20F2N4OS. The van der Waals surface area contributed by atoms with Gasteiger partial charge in [-0.05, 0) is 56.2 Å². The van der Waals surface area contributed by atoms with E-state index in [2.05, 4.69) is 20.5 Å². The highest BCUT2D eigenvalue weighted by Gasteiger charge is 2.11. The van der Waals surface area contributed by atoms with Crippen molar-refractivity contribution in [3.8, 4) is 5.75 Å². The summed E-state index contributed by atoms with van der Waals surface area (Å²) in [7, 11) is 0. The lowest BCUT2D eigenvalue weighted by Gasteiger charge is -2.15. The molecule has 1 heterocycles. The minimum Gasteiger partial charge on any atom is -0.433 e. The molecule has 24 heavy (non-hydrogen) atoms. The lowest BCUT2D eigenvalue weighted by Crippen LogP contribution is -2.30. The van der Waals surface area contributed by atoms with Gasteiger partial charge in [0.15, 0.2) is 5.11 Å². The van der Waals surface area contributed by atoms with Gasteiger partial charge in [-0.1, -0.05) is 6.07 Å². The summed E-state index contributed by atoms with van der Waals surface area (Å²) in [5.74, 6) is 0.0618. The van der Waals surface area contributed by atoms with Gasteiger partial charge in [0.25, 0.3) is 0 Å². The van der Waals surface area contributed by atoms with Crippen molar-refractivity contribution >= 4 is 23.0 Å². The van der Waals surface area contributed by atoms with Crippen molar-refractivity contribution in [1.82, 2.24) is 15.1 Å². The van der Waals surface area contributed by atoms with Gasteiger partial charge in [-0.15, -0.1) is 0 Å². The van der Waals surface area contributed by atoms with E-state index in [9.17, 15) is 8.78 Å². The van der Waals surface area contributed by atoms with E-state index in [0.717, 1.165) is 24.2 Å². The molecule has 5 nitrogen and oxygen atoms in total. The molecule has 2 N–H and O–H groups in total. The molecule has 2 aromatic rings. The van der Waals surface area contributed by atoms with Crippen molar-refractivity contribution < 1.29 is 13.5 Å². The molecule has 130 valence electrons. The van der Waals surface area contributed by atoms with Gasteiger partial charge in [-0.2, -0.15) is 13.9 Å². The molecule has 1 aromatic heterocycles. The second-order valence-corrected chi connectivity index (χ2v) is 5.74. The zero-order valence-corrected chi connectivity index (χ0v) is 14.4. The quantitative estimate of drug-likeness (QED) is 0.589. The number of anilines is 1. The lowest BCUT2D eigenvalue weighted by atomic mass is 10.2. The third kappa shape index (κ3) is 5.77. The molecule has 0 spiro atoms. The molecule has 0 aliphatic rings. The maximum absolute atomic E-state index is 12.4. The Morgan fingerprint density at radius 3 is 2.79 bits per heavy atom. The number of hydrogen-bond donors (Lipinski definition) is 2. The summed E-state index contributed by atoms with van der Waals surface area (Å²) in [6.45, 7) is 2.33. The number of aromatic nitrogens is 2. The minimum atomic E-state index is -2.88. The SMILES string of the molecule is Cc1ccc(OC(F)F)c(NC(=S)NCCCn2ccc(C)n2)c1. The average Bonchev–Trinajstić information content (AvgIpc) is 2.92. The summed E-state index contributed by atoms with van der Waals surface area (Å²) < 4.78 is 31.2. The molecule has 0 atom stereocenters. The molecule has 0 fully saturated rings. The molecule has 0 bridgehead atoms. The number of benzene rings is 1. The third-order valence-corrected chi connectivity index (χ3v) is 3.47. The van der Waals surface area contributed by atoms with Crippen molar-refractivity contribution in [1.29, 1.82) is 0 Å². The highest BCUT2D eigenvalue weighted by atomic mass is 32.1. The van der Waals surface area contributed by atoms with E-state index in [1.54, 1.807) is 12.1 Å². The van der Waals surface area contributed by atoms with Crippen LogP contribution >= 0.6 is 12.2 Å². The van der Waals surface area contributed by atoms with E-state index in [0.29, 0.717) is 17.3 Å². The van der Waals surface area contributed by atoms with Gasteiger partial charge in [0, 0.05) is 19.3 Å². The zero-order valence-electron chi connectivity index (χ0n) is 13.6. The summed E-state index contributed by atoms with van der Waals surface area (Å²) in [4.78, 5) is 0. The Bertz CT molecular complexity index is 690. The van der Waals surface area contributed by atoms with Gasteiger partial charge in [-0.3, -0.25) is 4.68 Å². The molecule has 0 radical (unpaired) electrons. The van der Waals surface area contributed by atoms with E-state index in [1.165, 1.54) is 6.07 Å². The zero-order chi connectivity index (χ0) is 17.5. The standard InChI is InChI=1S/C16H20F2N4OS/c1-11-4-5-14(23-15(17)18)13(10-11)20-16(24)19-7-3-8-22-9-6-12(2)21-22/h4-6,9-10,15H,3,7-8H2,1-2H3,(H2,19,20,24). The first-order valence-corrected chi connectivity index (χ1v) is 7.95. The van der Waals surface area contributed by atoms with Crippen LogP contribution in [0.1, 0.15) is 17.7 Å². The maximum Gasteiger partial charge on any atom is 0.387 e. The van der Waals surface area contributed by atoms with Crippen LogP contribution in [0.4, 0.5) is 14.5 Å². The van der Waals surface area contributed by atoms with Crippen molar-refractivity contribution in [2.24, 2.45) is 0 Å². The van der Waals surface area contributed by atoms with Crippen molar-refractivity contribution in [3.05, 3.63) is 41.7 Å². The monoisotopic (exact) mass is 354 g/mol. The second kappa shape index (κ2) is 8.58. The molecule has 1 aromatic carbocycles. The van der Waals surface area contributed by atoms with Crippen LogP contribution in [0.2, 0.25) is 0 Å². The van der Waals surface area contributed by atoms with E-state index in [4.69, 9.17) is 12.2 Å². The summed E-state index contributed by atoms with van der Waals surface area (Å²) in [6, 6.07) is 6.85. The normalized spacial score (nSPS) is 10.7. The van der Waals surface area contributed by atoms with E-state index in [-0.39, 0.29) is 5.75 Å². The van der Waals surface area contributed by atoms with Gasteiger partial charge in [-0.25, -0.2) is 0 Å². The van der Waals surface area contributed by atoms with Crippen LogP contribution in [0.3, 0.4) is 0 Å². The molecule has 0 saturated carbocycles. The number of nitrogens with zero attached hydrogens (tertiary/aromatic N) is 2. The fourth-order valence-corrected chi connectivity index (χ4v) is 2.35. The van der Waals surface area contributed by atoms with Gasteiger partial charge < -0.3 is 15.4 Å². The molecular weight excluding hydrogens is 334 g/mol. The van der Waals surface area contributed by atoms with Crippen LogP contribution in [-0.2, 0) is 6.54 Å². The second-order valence-electron chi connectivity index (χ2n) is 5.33. The molecule has 2 rings (SSSR count). The lowest BCUT2D eigenvalue weighted by molar-refractivity contribution is -0.0493. The number of alkyl halides is 2. The predicted octanol–water partition coefficient (Wildman–Crippen LogP) is 3.48. The van der Waals surface area contributed by atoms with Crippen LogP contribution < -0.4 is 15.4 Å². The third-order valence-electron chi connectivity index (χ3n) is 3.22. The van der Waals surface area contributed by atoms with Gasteiger partial charge in [0.05, 0.1) is 11.4 Å². The fourth-order valence-electron chi connectivity index (χ4n) is 2.14. The van der Waals surface area contributed by atoms with Crippen molar-refractivity contribution in [2.45, 2.75) is 33.4 Å². The Balaban J connectivity index is 1.82. The smallest absolute Gasteiger partial charge is 0.387 e. The fraction of sp³-hybridized carbons (Fsp3) is 0.375. The minimum absolute atomic E-state index is 0.0618. The number of rotatable bonds is 7. The topological polar surface area (TPSA) is 51.1 Å². The van der Waals surface area contributed by atoms with Crippen LogP contribution in [0.5, 0.6) is 5.75 Å². The number of aryl methyl sites for hydroxylation is 3. The van der Waals surface area contributed by atoms with E-state index in [1.807, 2.05) is 30.8 Å². The molecule has 0 saturated heterocycles. The largest absolute Gasteiger partial charge is 0.433 e. The molecule has 8 heteroatoms. The van der Waals surface area contributed by atoms with Gasteiger partial charge in [0.1, 0.15) is 5.75 Å². The molecule has 0 aliphatic carbocycles. The number of ether oxygens (including phenoxy) is 1. The maximum atomic E-state index is 12.4. The Kier molecular flexibility index (Phi) is 6.48. The Morgan fingerprint density at radius 1 is 1.33 bits per heavy atom. The Morgan fingerprint density at radius 2 is 2.12 bits per heavy atom. The molecule has 0 amide bonds. The van der Waals surface area contributed by atoms with Gasteiger partial charge >= 0.3 is 6.61 Å². The predicted molar refractivity (Wildman–Crippen MR) is 93.6 cm³/mol. The molecule has 0 aliphatic heterocycles. The first-order chi connectivity index (χ1) is 11.4. The van der Waals surface area contributed by atoms with Crippen LogP contribution in [-0.4, -0.2) is 28.0 Å². The highest BCUT2D eigenvalue weighted by Crippen LogP contribution is 2.27. The van der Waals surface area contributed by atoms with E-state index >= 15 is 0 Å². The van der Waals surface area contributed by atoms with Gasteiger partial charge in [0.2, 0.25) is 0 Å². The molecule has 0 unspecified atom stereocenters. The highest BCUT2D eigenvalue weighted by molar-refractivity contribution is 7.80. The Labute approximate surface area is 145 Å².